The number of aromatic nitrogens is 2. The molecule has 0 spiro atoms. The molecule has 1 atom stereocenters. The van der Waals surface area contributed by atoms with E-state index in [-0.39, 0.29) is 6.61 Å². The molecule has 0 fully saturated rings. The lowest BCUT2D eigenvalue weighted by Crippen LogP contribution is -2.24. The van der Waals surface area contributed by atoms with Crippen LogP contribution in [0.5, 0.6) is 5.75 Å². The van der Waals surface area contributed by atoms with E-state index in [0.29, 0.717) is 6.54 Å². The molecule has 1 aromatic heterocycles. The van der Waals surface area contributed by atoms with Crippen molar-refractivity contribution in [3.8, 4) is 5.75 Å². The van der Waals surface area contributed by atoms with Gasteiger partial charge in [-0.05, 0) is 24.6 Å². The maximum atomic E-state index is 10.00. The van der Waals surface area contributed by atoms with Crippen molar-refractivity contribution in [1.82, 2.24) is 9.55 Å². The van der Waals surface area contributed by atoms with E-state index < -0.39 is 6.10 Å². The monoisotopic (exact) mass is 260 g/mol. The first-order valence-corrected chi connectivity index (χ1v) is 6.56. The van der Waals surface area contributed by atoms with Crippen LogP contribution in [0.25, 0.3) is 0 Å². The van der Waals surface area contributed by atoms with Crippen LogP contribution in [0.4, 0.5) is 0 Å². The predicted octanol–water partition coefficient (Wildman–Crippen LogP) is 2.19. The average molecular weight is 260 g/mol. The Morgan fingerprint density at radius 2 is 2.26 bits per heavy atom. The highest BCUT2D eigenvalue weighted by Gasteiger charge is 2.09. The Kier molecular flexibility index (Phi) is 4.58. The van der Waals surface area contributed by atoms with Crippen molar-refractivity contribution in [2.75, 3.05) is 6.61 Å². The maximum Gasteiger partial charge on any atom is 0.119 e. The van der Waals surface area contributed by atoms with Gasteiger partial charge in [-0.3, -0.25) is 0 Å². The first-order chi connectivity index (χ1) is 9.19. The molecule has 0 saturated heterocycles. The van der Waals surface area contributed by atoms with Crippen LogP contribution in [0.1, 0.15) is 18.3 Å². The summed E-state index contributed by atoms with van der Waals surface area (Å²) < 4.78 is 7.55. The van der Waals surface area contributed by atoms with E-state index in [0.717, 1.165) is 23.6 Å². The Morgan fingerprint density at radius 3 is 3.00 bits per heavy atom. The molecule has 102 valence electrons. The number of rotatable bonds is 6. The summed E-state index contributed by atoms with van der Waals surface area (Å²) in [7, 11) is 0. The van der Waals surface area contributed by atoms with Gasteiger partial charge in [0.15, 0.2) is 0 Å². The number of imidazole rings is 1. The molecule has 19 heavy (non-hydrogen) atoms. The normalized spacial score (nSPS) is 12.4. The van der Waals surface area contributed by atoms with Crippen molar-refractivity contribution in [3.63, 3.8) is 0 Å². The van der Waals surface area contributed by atoms with Gasteiger partial charge < -0.3 is 14.4 Å². The van der Waals surface area contributed by atoms with Gasteiger partial charge in [0.05, 0.1) is 6.54 Å². The minimum Gasteiger partial charge on any atom is -0.491 e. The molecular weight excluding hydrogens is 240 g/mol. The van der Waals surface area contributed by atoms with Gasteiger partial charge in [-0.1, -0.05) is 19.1 Å². The van der Waals surface area contributed by atoms with Crippen molar-refractivity contribution >= 4 is 0 Å². The van der Waals surface area contributed by atoms with Gasteiger partial charge in [-0.25, -0.2) is 4.98 Å². The smallest absolute Gasteiger partial charge is 0.119 e. The van der Waals surface area contributed by atoms with E-state index >= 15 is 0 Å². The summed E-state index contributed by atoms with van der Waals surface area (Å²) in [6.45, 7) is 4.86. The van der Waals surface area contributed by atoms with Gasteiger partial charge in [-0.15, -0.1) is 0 Å². The van der Waals surface area contributed by atoms with Crippen LogP contribution in [0, 0.1) is 6.92 Å². The molecule has 0 saturated carbocycles. The van der Waals surface area contributed by atoms with Gasteiger partial charge in [0.2, 0.25) is 0 Å². The van der Waals surface area contributed by atoms with Gasteiger partial charge in [0, 0.05) is 18.8 Å². The number of benzene rings is 1. The second kappa shape index (κ2) is 6.38. The first kappa shape index (κ1) is 13.6. The zero-order valence-corrected chi connectivity index (χ0v) is 11.4. The van der Waals surface area contributed by atoms with Gasteiger partial charge >= 0.3 is 0 Å². The molecule has 2 aromatic rings. The number of ether oxygens (including phenoxy) is 1. The van der Waals surface area contributed by atoms with Crippen LogP contribution in [-0.2, 0) is 13.0 Å². The van der Waals surface area contributed by atoms with Gasteiger partial charge in [-0.2, -0.15) is 0 Å². The highest BCUT2D eigenvalue weighted by Crippen LogP contribution is 2.12. The summed E-state index contributed by atoms with van der Waals surface area (Å²) in [4.78, 5) is 4.23. The zero-order valence-electron chi connectivity index (χ0n) is 11.4. The summed E-state index contributed by atoms with van der Waals surface area (Å²) in [6, 6.07) is 7.82. The lowest BCUT2D eigenvalue weighted by Gasteiger charge is -2.14. The van der Waals surface area contributed by atoms with Crippen molar-refractivity contribution in [3.05, 3.63) is 48.0 Å². The molecule has 0 aliphatic carbocycles. The fourth-order valence-electron chi connectivity index (χ4n) is 2.00. The molecule has 0 aliphatic rings. The first-order valence-electron chi connectivity index (χ1n) is 6.56. The van der Waals surface area contributed by atoms with E-state index in [1.165, 1.54) is 0 Å². The van der Waals surface area contributed by atoms with E-state index in [4.69, 9.17) is 4.74 Å². The number of hydrogen-bond donors (Lipinski definition) is 1. The lowest BCUT2D eigenvalue weighted by atomic mass is 10.2. The quantitative estimate of drug-likeness (QED) is 0.866. The minimum absolute atomic E-state index is 0.283. The van der Waals surface area contributed by atoms with Gasteiger partial charge in [0.1, 0.15) is 24.3 Å². The Labute approximate surface area is 113 Å². The Morgan fingerprint density at radius 1 is 1.42 bits per heavy atom. The number of aliphatic hydroxyl groups is 1. The second-order valence-electron chi connectivity index (χ2n) is 4.63. The van der Waals surface area contributed by atoms with Crippen LogP contribution in [0.15, 0.2) is 36.7 Å². The third-order valence-electron chi connectivity index (χ3n) is 2.96. The van der Waals surface area contributed by atoms with Crippen LogP contribution in [-0.4, -0.2) is 27.4 Å². The third kappa shape index (κ3) is 3.83. The van der Waals surface area contributed by atoms with E-state index in [1.807, 2.05) is 42.0 Å². The molecule has 4 heteroatoms. The van der Waals surface area contributed by atoms with Crippen molar-refractivity contribution in [2.45, 2.75) is 32.9 Å². The molecule has 1 N–H and O–H groups in total. The Balaban J connectivity index is 1.86. The molecule has 0 amide bonds. The van der Waals surface area contributed by atoms with Crippen molar-refractivity contribution in [1.29, 1.82) is 0 Å². The average Bonchev–Trinajstić information content (AvgIpc) is 2.84. The van der Waals surface area contributed by atoms with Crippen LogP contribution < -0.4 is 4.74 Å². The molecule has 0 radical (unpaired) electrons. The molecular formula is C15H20N2O2. The number of hydrogen-bond acceptors (Lipinski definition) is 3. The summed E-state index contributed by atoms with van der Waals surface area (Å²) >= 11 is 0. The fourth-order valence-corrected chi connectivity index (χ4v) is 2.00. The summed E-state index contributed by atoms with van der Waals surface area (Å²) in [5.41, 5.74) is 1.15. The summed E-state index contributed by atoms with van der Waals surface area (Å²) in [5, 5.41) is 10.00. The minimum atomic E-state index is -0.542. The SMILES string of the molecule is CCc1nccn1CC(O)COc1cccc(C)c1. The highest BCUT2D eigenvalue weighted by atomic mass is 16.5. The lowest BCUT2D eigenvalue weighted by molar-refractivity contribution is 0.0917. The predicted molar refractivity (Wildman–Crippen MR) is 74.3 cm³/mol. The van der Waals surface area contributed by atoms with Crippen molar-refractivity contribution < 1.29 is 9.84 Å². The van der Waals surface area contributed by atoms with Crippen LogP contribution in [0.3, 0.4) is 0 Å². The summed E-state index contributed by atoms with van der Waals surface area (Å²) in [6.07, 6.45) is 3.96. The maximum absolute atomic E-state index is 10.00. The molecule has 0 bridgehead atoms. The fraction of sp³-hybridized carbons (Fsp3) is 0.400. The Bertz CT molecular complexity index is 522. The molecule has 1 heterocycles. The van der Waals surface area contributed by atoms with Crippen LogP contribution >= 0.6 is 0 Å². The van der Waals surface area contributed by atoms with Crippen molar-refractivity contribution in [2.24, 2.45) is 0 Å². The van der Waals surface area contributed by atoms with E-state index in [1.54, 1.807) is 6.20 Å². The largest absolute Gasteiger partial charge is 0.491 e. The number of nitrogens with zero attached hydrogens (tertiary/aromatic N) is 2. The highest BCUT2D eigenvalue weighted by molar-refractivity contribution is 5.27. The summed E-state index contributed by atoms with van der Waals surface area (Å²) in [5.74, 6) is 1.77. The molecule has 1 aromatic carbocycles. The molecule has 4 nitrogen and oxygen atoms in total. The Hall–Kier alpha value is -1.81. The molecule has 2 rings (SSSR count). The van der Waals surface area contributed by atoms with E-state index in [2.05, 4.69) is 11.9 Å². The number of aryl methyl sites for hydroxylation is 2. The van der Waals surface area contributed by atoms with Crippen LogP contribution in [0.2, 0.25) is 0 Å². The zero-order chi connectivity index (χ0) is 13.7. The molecule has 0 aliphatic heterocycles. The van der Waals surface area contributed by atoms with Gasteiger partial charge in [0.25, 0.3) is 0 Å². The third-order valence-corrected chi connectivity index (χ3v) is 2.96. The van der Waals surface area contributed by atoms with E-state index in [9.17, 15) is 5.11 Å². The number of aliphatic hydroxyl groups excluding tert-OH is 1. The standard InChI is InChI=1S/C15H20N2O2/c1-3-15-16-7-8-17(15)10-13(18)11-19-14-6-4-5-12(2)9-14/h4-9,13,18H,3,10-11H2,1-2H3. The molecule has 1 unspecified atom stereocenters. The topological polar surface area (TPSA) is 47.3 Å². The second-order valence-corrected chi connectivity index (χ2v) is 4.63.